The van der Waals surface area contributed by atoms with Crippen LogP contribution in [0.5, 0.6) is 11.5 Å². The second kappa shape index (κ2) is 18.3. The number of benzene rings is 1. The molecule has 55 heavy (non-hydrogen) atoms. The molecule has 7 rings (SSSR count). The Balaban J connectivity index is 1.13. The highest BCUT2D eigenvalue weighted by atomic mass is 16.6. The molecule has 310 valence electrons. The molecule has 4 fully saturated rings. The lowest BCUT2D eigenvalue weighted by Crippen LogP contribution is -2.78. The third kappa shape index (κ3) is 8.19. The Kier molecular flexibility index (Phi) is 13.7. The monoisotopic (exact) mass is 771 g/mol. The van der Waals surface area contributed by atoms with E-state index in [1.54, 1.807) is 6.07 Å². The smallest absolute Gasteiger partial charge is 0.223 e. The van der Waals surface area contributed by atoms with Crippen molar-refractivity contribution in [1.82, 2.24) is 10.2 Å². The highest BCUT2D eigenvalue weighted by molar-refractivity contribution is 5.77. The number of rotatable bonds is 22. The van der Waals surface area contributed by atoms with Gasteiger partial charge in [0, 0.05) is 44.6 Å². The van der Waals surface area contributed by atoms with E-state index in [1.165, 1.54) is 12.8 Å². The van der Waals surface area contributed by atoms with Crippen molar-refractivity contribution < 1.29 is 43.4 Å². The van der Waals surface area contributed by atoms with Crippen molar-refractivity contribution in [3.63, 3.8) is 0 Å². The molecule has 11 heteroatoms. The number of phenolic OH excluding ortho intramolecular Hbond substituents is 1. The van der Waals surface area contributed by atoms with Crippen LogP contribution in [0.2, 0.25) is 0 Å². The van der Waals surface area contributed by atoms with Crippen molar-refractivity contribution in [2.45, 2.75) is 184 Å². The molecule has 3 heterocycles. The van der Waals surface area contributed by atoms with E-state index in [2.05, 4.69) is 37.9 Å². The largest absolute Gasteiger partial charge is 0.504 e. The van der Waals surface area contributed by atoms with Gasteiger partial charge in [0.15, 0.2) is 11.5 Å². The second-order valence-electron chi connectivity index (χ2n) is 17.4. The molecule has 1 amide bonds. The van der Waals surface area contributed by atoms with Gasteiger partial charge in [0.05, 0.1) is 36.2 Å². The Morgan fingerprint density at radius 3 is 2.20 bits per heavy atom. The number of ether oxygens (including phenoxy) is 6. The van der Waals surface area contributed by atoms with Crippen molar-refractivity contribution in [2.75, 3.05) is 46.1 Å². The number of nitrogens with one attached hydrogen (secondary N) is 1. The van der Waals surface area contributed by atoms with Gasteiger partial charge in [-0.15, -0.1) is 0 Å². The lowest BCUT2D eigenvalue weighted by Gasteiger charge is -2.64. The summed E-state index contributed by atoms with van der Waals surface area (Å²) in [6, 6.07) is 3.40. The predicted molar refractivity (Wildman–Crippen MR) is 210 cm³/mol. The molecule has 3 N–H and O–H groups in total. The summed E-state index contributed by atoms with van der Waals surface area (Å²) in [4.78, 5) is 17.0. The van der Waals surface area contributed by atoms with E-state index in [9.17, 15) is 15.0 Å². The fourth-order valence-corrected chi connectivity index (χ4v) is 10.5. The summed E-state index contributed by atoms with van der Waals surface area (Å²) in [5.41, 5.74) is 0.402. The molecular formula is C44H70N2O9. The zero-order chi connectivity index (χ0) is 38.6. The number of unbranched alkanes of at least 4 members (excludes halogenated alkanes) is 4. The SMILES string of the molecule is CCCCOCC1OC(CC(=O)NC2CCC3(O)C4Cc5ccc(O)c6c5C3(CCN4CC3CC3)C2O6)[C@H](OCCCC)C(OCCCC)[C@@H]1OCCCC. The number of nitrogens with zero attached hydrogens (tertiary/aromatic N) is 1. The summed E-state index contributed by atoms with van der Waals surface area (Å²) < 4.78 is 39.6. The molecule has 11 nitrogen and oxygen atoms in total. The molecular weight excluding hydrogens is 700 g/mol. The van der Waals surface area contributed by atoms with E-state index in [-0.39, 0.29) is 36.3 Å². The molecule has 10 atom stereocenters. The van der Waals surface area contributed by atoms with Crippen LogP contribution in [0.4, 0.5) is 0 Å². The summed E-state index contributed by atoms with van der Waals surface area (Å²) in [7, 11) is 0. The third-order valence-corrected chi connectivity index (χ3v) is 13.6. The average molecular weight is 771 g/mol. The number of amides is 1. The zero-order valence-corrected chi connectivity index (χ0v) is 34.1. The highest BCUT2D eigenvalue weighted by Gasteiger charge is 2.73. The lowest BCUT2D eigenvalue weighted by atomic mass is 9.48. The van der Waals surface area contributed by atoms with E-state index in [4.69, 9.17) is 28.4 Å². The van der Waals surface area contributed by atoms with Gasteiger partial charge in [-0.25, -0.2) is 0 Å². The normalized spacial score (nSPS) is 35.0. The number of hydrogen-bond donors (Lipinski definition) is 3. The van der Waals surface area contributed by atoms with Gasteiger partial charge < -0.3 is 44.0 Å². The van der Waals surface area contributed by atoms with E-state index >= 15 is 0 Å². The summed E-state index contributed by atoms with van der Waals surface area (Å²) in [5.74, 6) is 1.17. The molecule has 8 unspecified atom stereocenters. The first-order chi connectivity index (χ1) is 26.8. The van der Waals surface area contributed by atoms with Gasteiger partial charge in [0.2, 0.25) is 5.91 Å². The van der Waals surface area contributed by atoms with Crippen molar-refractivity contribution in [1.29, 1.82) is 0 Å². The van der Waals surface area contributed by atoms with Crippen LogP contribution in [0.15, 0.2) is 12.1 Å². The highest BCUT2D eigenvalue weighted by Crippen LogP contribution is 2.65. The van der Waals surface area contributed by atoms with Gasteiger partial charge in [-0.2, -0.15) is 0 Å². The Hall–Kier alpha value is -1.99. The van der Waals surface area contributed by atoms with Gasteiger partial charge in [-0.05, 0) is 88.3 Å². The minimum absolute atomic E-state index is 0.0159. The molecule has 1 spiro atoms. The third-order valence-electron chi connectivity index (χ3n) is 13.6. The van der Waals surface area contributed by atoms with Crippen LogP contribution in [0.25, 0.3) is 0 Å². The number of carbonyl (C=O) groups excluding carboxylic acids is 1. The van der Waals surface area contributed by atoms with Gasteiger partial charge >= 0.3 is 0 Å². The standard InChI is InChI=1S/C44H70N2O9/c1-5-9-21-50-28-34-40(52-23-11-7-3)41(53-24-12-8-4)39(51-22-10-6-2)33(54-34)26-36(48)45-31-17-18-44(49)35-25-30-15-16-32(47)38-37(30)43(44,42(31)55-38)19-20-46(35)27-29-13-14-29/h15-16,29,31,33-35,39-42,47,49H,5-14,17-28H2,1-4H3,(H,45,48)/t31?,33?,34?,35?,39-,40+,41?,42?,43?,44?/m0/s1. The molecule has 1 aromatic rings. The minimum atomic E-state index is -1.01. The molecule has 0 aromatic heterocycles. The van der Waals surface area contributed by atoms with Crippen molar-refractivity contribution in [2.24, 2.45) is 5.92 Å². The van der Waals surface area contributed by atoms with Gasteiger partial charge in [0.25, 0.3) is 0 Å². The van der Waals surface area contributed by atoms with Gasteiger partial charge in [0.1, 0.15) is 30.5 Å². The van der Waals surface area contributed by atoms with Crippen molar-refractivity contribution in [3.8, 4) is 11.5 Å². The maximum Gasteiger partial charge on any atom is 0.223 e. The second-order valence-corrected chi connectivity index (χ2v) is 17.4. The molecule has 2 bridgehead atoms. The summed E-state index contributed by atoms with van der Waals surface area (Å²) in [5, 5.41) is 27.4. The summed E-state index contributed by atoms with van der Waals surface area (Å²) >= 11 is 0. The van der Waals surface area contributed by atoms with Crippen LogP contribution in [0.1, 0.15) is 129 Å². The van der Waals surface area contributed by atoms with Gasteiger partial charge in [-0.3, -0.25) is 9.69 Å². The Morgan fingerprint density at radius 1 is 0.873 bits per heavy atom. The first-order valence-electron chi connectivity index (χ1n) is 22.1. The first-order valence-corrected chi connectivity index (χ1v) is 22.1. The fraction of sp³-hybridized carbons (Fsp3) is 0.841. The number of carbonyl (C=O) groups is 1. The van der Waals surface area contributed by atoms with E-state index in [0.717, 1.165) is 94.3 Å². The summed E-state index contributed by atoms with van der Waals surface area (Å²) in [6.45, 7) is 13.2. The quantitative estimate of drug-likeness (QED) is 0.121. The van der Waals surface area contributed by atoms with Crippen molar-refractivity contribution >= 4 is 5.91 Å². The zero-order valence-electron chi connectivity index (χ0n) is 34.1. The van der Waals surface area contributed by atoms with Crippen LogP contribution < -0.4 is 10.1 Å². The number of piperidine rings is 1. The van der Waals surface area contributed by atoms with Crippen LogP contribution in [0.3, 0.4) is 0 Å². The average Bonchev–Trinajstić information content (AvgIpc) is 3.92. The number of hydrogen-bond acceptors (Lipinski definition) is 10. The predicted octanol–water partition coefficient (Wildman–Crippen LogP) is 5.97. The molecule has 1 aromatic carbocycles. The first kappa shape index (κ1) is 41.2. The van der Waals surface area contributed by atoms with Crippen LogP contribution >= 0.6 is 0 Å². The summed E-state index contributed by atoms with van der Waals surface area (Å²) in [6.07, 6.45) is 10.2. The number of phenols is 1. The molecule has 3 aliphatic heterocycles. The Bertz CT molecular complexity index is 1430. The van der Waals surface area contributed by atoms with Crippen LogP contribution in [-0.4, -0.2) is 121 Å². The molecule has 3 aliphatic carbocycles. The van der Waals surface area contributed by atoms with Crippen LogP contribution in [-0.2, 0) is 40.3 Å². The number of aliphatic hydroxyl groups is 1. The molecule has 6 aliphatic rings. The molecule has 0 radical (unpaired) electrons. The molecule has 2 saturated heterocycles. The van der Waals surface area contributed by atoms with Crippen molar-refractivity contribution in [3.05, 3.63) is 23.3 Å². The van der Waals surface area contributed by atoms with Crippen LogP contribution in [0, 0.1) is 5.92 Å². The lowest BCUT2D eigenvalue weighted by molar-refractivity contribution is -0.266. The Labute approximate surface area is 329 Å². The number of aromatic hydroxyl groups is 1. The van der Waals surface area contributed by atoms with E-state index in [0.29, 0.717) is 51.6 Å². The maximum atomic E-state index is 14.4. The molecule has 2 saturated carbocycles. The topological polar surface area (TPSA) is 128 Å². The fourth-order valence-electron chi connectivity index (χ4n) is 10.5. The minimum Gasteiger partial charge on any atom is -0.504 e. The van der Waals surface area contributed by atoms with E-state index < -0.39 is 41.5 Å². The maximum absolute atomic E-state index is 14.4. The van der Waals surface area contributed by atoms with Gasteiger partial charge in [-0.1, -0.05) is 59.4 Å². The Morgan fingerprint density at radius 2 is 1.53 bits per heavy atom. The number of likely N-dealkylation sites (tertiary alicyclic amines) is 1. The van der Waals surface area contributed by atoms with E-state index in [1.807, 2.05) is 6.07 Å².